The first-order valence-corrected chi connectivity index (χ1v) is 8.38. The molecule has 0 saturated carbocycles. The lowest BCUT2D eigenvalue weighted by Crippen LogP contribution is -2.40. The summed E-state index contributed by atoms with van der Waals surface area (Å²) in [5.41, 5.74) is 11.3. The molecule has 2 aliphatic rings. The summed E-state index contributed by atoms with van der Waals surface area (Å²) in [7, 11) is 1.55. The van der Waals surface area contributed by atoms with Gasteiger partial charge in [0.1, 0.15) is 5.56 Å². The van der Waals surface area contributed by atoms with Crippen LogP contribution in [-0.4, -0.2) is 24.0 Å². The van der Waals surface area contributed by atoms with Crippen molar-refractivity contribution in [3.05, 3.63) is 58.3 Å². The molecule has 0 bridgehead atoms. The Balaban J connectivity index is 0.00000182. The summed E-state index contributed by atoms with van der Waals surface area (Å²) in [5.74, 6) is 0.236. The van der Waals surface area contributed by atoms with Gasteiger partial charge in [0.2, 0.25) is 5.88 Å². The first-order chi connectivity index (χ1) is 11.7. The zero-order valence-electron chi connectivity index (χ0n) is 14.1. The lowest BCUT2D eigenvalue weighted by molar-refractivity contribution is 0.0929. The monoisotopic (exact) mass is 359 g/mol. The number of ether oxygens (including phenoxy) is 1. The largest absolute Gasteiger partial charge is 0.480 e. The Kier molecular flexibility index (Phi) is 4.97. The first-order valence-electron chi connectivity index (χ1n) is 8.38. The molecule has 1 heterocycles. The summed E-state index contributed by atoms with van der Waals surface area (Å²) in [4.78, 5) is 17.3. The molecule has 0 radical (unpaired) electrons. The number of hydrogen-bond acceptors (Lipinski definition) is 4. The van der Waals surface area contributed by atoms with Gasteiger partial charge in [-0.1, -0.05) is 24.3 Å². The number of benzene rings is 1. The molecule has 0 spiro atoms. The Morgan fingerprint density at radius 3 is 2.84 bits per heavy atom. The molecule has 25 heavy (non-hydrogen) atoms. The van der Waals surface area contributed by atoms with Crippen LogP contribution in [0.3, 0.4) is 0 Å². The number of aryl methyl sites for hydroxylation is 2. The highest BCUT2D eigenvalue weighted by atomic mass is 35.5. The lowest BCUT2D eigenvalue weighted by atomic mass is 10.1. The van der Waals surface area contributed by atoms with E-state index in [0.717, 1.165) is 42.5 Å². The molecule has 1 amide bonds. The number of nitrogens with two attached hydrogens (primary N) is 1. The van der Waals surface area contributed by atoms with Crippen molar-refractivity contribution in [2.24, 2.45) is 5.73 Å². The van der Waals surface area contributed by atoms with Crippen LogP contribution in [0.1, 0.15) is 45.2 Å². The van der Waals surface area contributed by atoms with Crippen molar-refractivity contribution < 1.29 is 9.53 Å². The molecule has 5 nitrogen and oxygen atoms in total. The highest BCUT2D eigenvalue weighted by Crippen LogP contribution is 2.31. The summed E-state index contributed by atoms with van der Waals surface area (Å²) in [6.45, 7) is 0. The Bertz CT molecular complexity index is 809. The zero-order valence-corrected chi connectivity index (χ0v) is 14.9. The van der Waals surface area contributed by atoms with E-state index in [4.69, 9.17) is 10.5 Å². The SMILES string of the molecule is COc1nc2c(cc1C(=O)N[C@H]1Cc3ccccc3[C@@H]1N)CCC2.Cl. The Morgan fingerprint density at radius 1 is 1.28 bits per heavy atom. The number of amides is 1. The standard InChI is InChI=1S/C19H21N3O2.ClH/c1-24-19-14(9-12-6-4-8-15(12)22-19)18(23)21-16-10-11-5-2-3-7-13(11)17(16)20;/h2-3,5,7,9,16-17H,4,6,8,10,20H2,1H3,(H,21,23);1H/t16-,17-;/m0./s1. The van der Waals surface area contributed by atoms with Gasteiger partial charge >= 0.3 is 0 Å². The smallest absolute Gasteiger partial charge is 0.257 e. The number of fused-ring (bicyclic) bond motifs is 2. The second-order valence-electron chi connectivity index (χ2n) is 6.51. The Morgan fingerprint density at radius 2 is 2.08 bits per heavy atom. The molecule has 3 N–H and O–H groups in total. The summed E-state index contributed by atoms with van der Waals surface area (Å²) in [6.07, 6.45) is 3.76. The summed E-state index contributed by atoms with van der Waals surface area (Å²) >= 11 is 0. The summed E-state index contributed by atoms with van der Waals surface area (Å²) < 4.78 is 5.34. The molecule has 132 valence electrons. The molecule has 0 aliphatic heterocycles. The minimum atomic E-state index is -0.182. The van der Waals surface area contributed by atoms with Gasteiger partial charge < -0.3 is 15.8 Å². The number of aromatic nitrogens is 1. The molecule has 1 aromatic carbocycles. The molecule has 0 unspecified atom stereocenters. The van der Waals surface area contributed by atoms with Crippen LogP contribution in [-0.2, 0) is 19.3 Å². The molecular weight excluding hydrogens is 338 g/mol. The van der Waals surface area contributed by atoms with Gasteiger partial charge in [-0.3, -0.25) is 4.79 Å². The van der Waals surface area contributed by atoms with Crippen molar-refractivity contribution in [2.45, 2.75) is 37.8 Å². The van der Waals surface area contributed by atoms with Gasteiger partial charge in [-0.25, -0.2) is 4.98 Å². The van der Waals surface area contributed by atoms with E-state index in [-0.39, 0.29) is 30.4 Å². The van der Waals surface area contributed by atoms with Crippen LogP contribution >= 0.6 is 12.4 Å². The molecule has 2 aromatic rings. The third-order valence-electron chi connectivity index (χ3n) is 5.06. The Hall–Kier alpha value is -2.11. The van der Waals surface area contributed by atoms with Gasteiger partial charge in [0, 0.05) is 5.69 Å². The van der Waals surface area contributed by atoms with Crippen LogP contribution in [0.15, 0.2) is 30.3 Å². The fraction of sp³-hybridized carbons (Fsp3) is 0.368. The van der Waals surface area contributed by atoms with E-state index in [1.807, 2.05) is 24.3 Å². The Labute approximate surface area is 153 Å². The number of nitrogens with one attached hydrogen (secondary N) is 1. The van der Waals surface area contributed by atoms with Crippen LogP contribution in [0.25, 0.3) is 0 Å². The second kappa shape index (κ2) is 7.02. The summed E-state index contributed by atoms with van der Waals surface area (Å²) in [6, 6.07) is 9.73. The number of pyridine rings is 1. The zero-order chi connectivity index (χ0) is 16.7. The lowest BCUT2D eigenvalue weighted by Gasteiger charge is -2.19. The minimum Gasteiger partial charge on any atom is -0.480 e. The number of hydrogen-bond donors (Lipinski definition) is 2. The molecule has 4 rings (SSSR count). The normalized spacial score (nSPS) is 20.4. The average molecular weight is 360 g/mol. The number of methoxy groups -OCH3 is 1. The van der Waals surface area contributed by atoms with Gasteiger partial charge in [0.25, 0.3) is 5.91 Å². The number of halogens is 1. The van der Waals surface area contributed by atoms with Crippen LogP contribution in [0, 0.1) is 0 Å². The molecule has 6 heteroatoms. The maximum atomic E-state index is 12.8. The van der Waals surface area contributed by atoms with Crippen molar-refractivity contribution >= 4 is 18.3 Å². The number of carbonyl (C=O) groups is 1. The van der Waals surface area contributed by atoms with Crippen LogP contribution in [0.5, 0.6) is 5.88 Å². The van der Waals surface area contributed by atoms with Crippen molar-refractivity contribution in [1.82, 2.24) is 10.3 Å². The quantitative estimate of drug-likeness (QED) is 0.881. The fourth-order valence-corrected chi connectivity index (χ4v) is 3.78. The molecule has 0 saturated heterocycles. The molecule has 1 aromatic heterocycles. The van der Waals surface area contributed by atoms with Crippen LogP contribution in [0.4, 0.5) is 0 Å². The van der Waals surface area contributed by atoms with E-state index in [1.165, 1.54) is 5.56 Å². The van der Waals surface area contributed by atoms with Crippen LogP contribution < -0.4 is 15.8 Å². The van der Waals surface area contributed by atoms with Crippen molar-refractivity contribution in [2.75, 3.05) is 7.11 Å². The average Bonchev–Trinajstić information content (AvgIpc) is 3.18. The van der Waals surface area contributed by atoms with Gasteiger partial charge in [-0.2, -0.15) is 0 Å². The maximum Gasteiger partial charge on any atom is 0.257 e. The highest BCUT2D eigenvalue weighted by molar-refractivity contribution is 5.97. The molecular formula is C19H22ClN3O2. The van der Waals surface area contributed by atoms with Gasteiger partial charge in [-0.05, 0) is 48.4 Å². The topological polar surface area (TPSA) is 77.2 Å². The predicted octanol–water partition coefficient (Wildman–Crippen LogP) is 2.36. The number of carbonyl (C=O) groups excluding carboxylic acids is 1. The van der Waals surface area contributed by atoms with Crippen LogP contribution in [0.2, 0.25) is 0 Å². The van der Waals surface area contributed by atoms with Crippen molar-refractivity contribution in [3.63, 3.8) is 0 Å². The highest BCUT2D eigenvalue weighted by Gasteiger charge is 2.31. The van der Waals surface area contributed by atoms with Gasteiger partial charge in [-0.15, -0.1) is 12.4 Å². The second-order valence-corrected chi connectivity index (χ2v) is 6.51. The minimum absolute atomic E-state index is 0. The maximum absolute atomic E-state index is 12.8. The number of nitrogens with zero attached hydrogens (tertiary/aromatic N) is 1. The summed E-state index contributed by atoms with van der Waals surface area (Å²) in [5, 5.41) is 3.07. The van der Waals surface area contributed by atoms with E-state index in [0.29, 0.717) is 11.4 Å². The van der Waals surface area contributed by atoms with Gasteiger partial charge in [0.15, 0.2) is 0 Å². The van der Waals surface area contributed by atoms with Crippen molar-refractivity contribution in [1.29, 1.82) is 0 Å². The van der Waals surface area contributed by atoms with Crippen molar-refractivity contribution in [3.8, 4) is 5.88 Å². The molecule has 0 fully saturated rings. The van der Waals surface area contributed by atoms with E-state index < -0.39 is 0 Å². The number of rotatable bonds is 3. The fourth-order valence-electron chi connectivity index (χ4n) is 3.78. The van der Waals surface area contributed by atoms with E-state index in [9.17, 15) is 4.79 Å². The predicted molar refractivity (Wildman–Crippen MR) is 98.4 cm³/mol. The molecule has 2 aliphatic carbocycles. The van der Waals surface area contributed by atoms with E-state index in [2.05, 4.69) is 16.4 Å². The van der Waals surface area contributed by atoms with E-state index in [1.54, 1.807) is 7.11 Å². The molecule has 2 atom stereocenters. The third-order valence-corrected chi connectivity index (χ3v) is 5.06. The third kappa shape index (κ3) is 3.10. The van der Waals surface area contributed by atoms with Gasteiger partial charge in [0.05, 0.1) is 19.2 Å². The van der Waals surface area contributed by atoms with E-state index >= 15 is 0 Å². The first kappa shape index (κ1) is 17.7.